The molecule has 12 heavy (non-hydrogen) atoms. The lowest BCUT2D eigenvalue weighted by Crippen LogP contribution is -2.37. The molecule has 0 aliphatic heterocycles. The molecule has 2 heteroatoms. The molecule has 1 rings (SSSR count). The molecule has 1 atom stereocenters. The van der Waals surface area contributed by atoms with E-state index in [2.05, 4.69) is 29.8 Å². The van der Waals surface area contributed by atoms with E-state index in [1.165, 1.54) is 19.3 Å². The van der Waals surface area contributed by atoms with Gasteiger partial charge in [0.25, 0.3) is 0 Å². The Labute approximate surface area is 84.0 Å². The Balaban J connectivity index is 2.20. The molecular formula is C10H19BrO. The molecule has 0 bridgehead atoms. The summed E-state index contributed by atoms with van der Waals surface area (Å²) in [6.45, 7) is 5.28. The molecule has 0 radical (unpaired) electrons. The van der Waals surface area contributed by atoms with Crippen molar-refractivity contribution in [2.45, 2.75) is 45.6 Å². The summed E-state index contributed by atoms with van der Waals surface area (Å²) in [4.78, 5) is 0. The Morgan fingerprint density at radius 1 is 1.50 bits per heavy atom. The number of halogens is 1. The molecule has 0 N–H and O–H groups in total. The Morgan fingerprint density at radius 3 is 2.50 bits per heavy atom. The van der Waals surface area contributed by atoms with Crippen LogP contribution in [0.3, 0.4) is 0 Å². The molecule has 1 saturated carbocycles. The van der Waals surface area contributed by atoms with Gasteiger partial charge in [0.05, 0.1) is 12.7 Å². The Kier molecular flexibility index (Phi) is 4.04. The summed E-state index contributed by atoms with van der Waals surface area (Å²) in [6, 6.07) is 0. The number of hydrogen-bond donors (Lipinski definition) is 0. The van der Waals surface area contributed by atoms with E-state index >= 15 is 0 Å². The van der Waals surface area contributed by atoms with Gasteiger partial charge in [-0.25, -0.2) is 0 Å². The van der Waals surface area contributed by atoms with Crippen molar-refractivity contribution in [3.8, 4) is 0 Å². The smallest absolute Gasteiger partial charge is 0.0544 e. The maximum atomic E-state index is 5.76. The molecule has 1 fully saturated rings. The first kappa shape index (κ1) is 10.5. The van der Waals surface area contributed by atoms with Gasteiger partial charge >= 0.3 is 0 Å². The zero-order valence-electron chi connectivity index (χ0n) is 8.11. The second-order valence-corrected chi connectivity index (χ2v) is 4.58. The molecule has 1 nitrogen and oxygen atoms in total. The van der Waals surface area contributed by atoms with Crippen molar-refractivity contribution in [1.29, 1.82) is 0 Å². The van der Waals surface area contributed by atoms with Crippen molar-refractivity contribution >= 4 is 15.9 Å². The topological polar surface area (TPSA) is 9.23 Å². The van der Waals surface area contributed by atoms with Gasteiger partial charge in [-0.2, -0.15) is 0 Å². The lowest BCUT2D eigenvalue weighted by atomic mass is 9.71. The predicted octanol–water partition coefficient (Wildman–Crippen LogP) is 3.37. The van der Waals surface area contributed by atoms with E-state index in [1.54, 1.807) is 0 Å². The molecule has 1 unspecified atom stereocenters. The lowest BCUT2D eigenvalue weighted by Gasteiger charge is -2.40. The first-order valence-corrected chi connectivity index (χ1v) is 6.02. The minimum atomic E-state index is 0.432. The van der Waals surface area contributed by atoms with Crippen LogP contribution in [0.2, 0.25) is 0 Å². The average molecular weight is 235 g/mol. The van der Waals surface area contributed by atoms with Gasteiger partial charge in [-0.05, 0) is 26.2 Å². The van der Waals surface area contributed by atoms with Crippen molar-refractivity contribution in [2.75, 3.05) is 11.9 Å². The lowest BCUT2D eigenvalue weighted by molar-refractivity contribution is -0.0261. The molecule has 0 amide bonds. The fourth-order valence-electron chi connectivity index (χ4n) is 1.43. The standard InChI is InChI=1S/C10H19BrO/c1-3-9(2)12-8-10(7-11)5-4-6-10/h9H,3-8H2,1-2H3. The van der Waals surface area contributed by atoms with Crippen molar-refractivity contribution in [3.63, 3.8) is 0 Å². The zero-order valence-corrected chi connectivity index (χ0v) is 9.69. The number of hydrogen-bond acceptors (Lipinski definition) is 1. The number of rotatable bonds is 5. The Hall–Kier alpha value is 0.440. The van der Waals surface area contributed by atoms with E-state index < -0.39 is 0 Å². The van der Waals surface area contributed by atoms with E-state index in [4.69, 9.17) is 4.74 Å². The molecule has 0 aromatic rings. The van der Waals surface area contributed by atoms with Crippen LogP contribution in [-0.4, -0.2) is 18.0 Å². The summed E-state index contributed by atoms with van der Waals surface area (Å²) < 4.78 is 5.76. The van der Waals surface area contributed by atoms with Crippen LogP contribution in [0.5, 0.6) is 0 Å². The molecule has 0 aromatic carbocycles. The van der Waals surface area contributed by atoms with Crippen LogP contribution in [0.1, 0.15) is 39.5 Å². The Morgan fingerprint density at radius 2 is 2.17 bits per heavy atom. The van der Waals surface area contributed by atoms with E-state index in [0.717, 1.165) is 18.4 Å². The van der Waals surface area contributed by atoms with Gasteiger partial charge in [0.15, 0.2) is 0 Å². The molecule has 0 heterocycles. The van der Waals surface area contributed by atoms with E-state index in [0.29, 0.717) is 11.5 Å². The molecule has 0 aromatic heterocycles. The number of alkyl halides is 1. The van der Waals surface area contributed by atoms with Gasteiger partial charge in [0.2, 0.25) is 0 Å². The van der Waals surface area contributed by atoms with E-state index in [-0.39, 0.29) is 0 Å². The molecule has 72 valence electrons. The fraction of sp³-hybridized carbons (Fsp3) is 1.00. The summed E-state index contributed by atoms with van der Waals surface area (Å²) in [5.74, 6) is 0. The SMILES string of the molecule is CCC(C)OCC1(CBr)CCC1. The van der Waals surface area contributed by atoms with Crippen LogP contribution in [0.15, 0.2) is 0 Å². The summed E-state index contributed by atoms with van der Waals surface area (Å²) in [6.07, 6.45) is 5.62. The third-order valence-corrected chi connectivity index (χ3v) is 4.14. The van der Waals surface area contributed by atoms with Crippen molar-refractivity contribution in [3.05, 3.63) is 0 Å². The molecule has 1 aliphatic rings. The van der Waals surface area contributed by atoms with Crippen LogP contribution >= 0.6 is 15.9 Å². The minimum absolute atomic E-state index is 0.432. The minimum Gasteiger partial charge on any atom is -0.378 e. The zero-order chi connectivity index (χ0) is 9.03. The predicted molar refractivity (Wildman–Crippen MR) is 55.8 cm³/mol. The largest absolute Gasteiger partial charge is 0.378 e. The average Bonchev–Trinajstić information content (AvgIpc) is 2.03. The van der Waals surface area contributed by atoms with Crippen molar-refractivity contribution in [1.82, 2.24) is 0 Å². The van der Waals surface area contributed by atoms with Crippen LogP contribution in [0.25, 0.3) is 0 Å². The normalized spacial score (nSPS) is 23.2. The summed E-state index contributed by atoms with van der Waals surface area (Å²) in [7, 11) is 0. The first-order chi connectivity index (χ1) is 5.72. The maximum absolute atomic E-state index is 5.76. The second kappa shape index (κ2) is 4.61. The van der Waals surface area contributed by atoms with Gasteiger partial charge in [0, 0.05) is 10.7 Å². The van der Waals surface area contributed by atoms with E-state index in [9.17, 15) is 0 Å². The van der Waals surface area contributed by atoms with Gasteiger partial charge in [-0.15, -0.1) is 0 Å². The monoisotopic (exact) mass is 234 g/mol. The third kappa shape index (κ3) is 2.46. The highest BCUT2D eigenvalue weighted by molar-refractivity contribution is 9.09. The highest BCUT2D eigenvalue weighted by Crippen LogP contribution is 2.42. The molecule has 0 saturated heterocycles. The third-order valence-electron chi connectivity index (χ3n) is 2.95. The number of ether oxygens (including phenoxy) is 1. The van der Waals surface area contributed by atoms with Crippen LogP contribution in [-0.2, 0) is 4.74 Å². The highest BCUT2D eigenvalue weighted by Gasteiger charge is 2.36. The first-order valence-electron chi connectivity index (χ1n) is 4.90. The quantitative estimate of drug-likeness (QED) is 0.664. The summed E-state index contributed by atoms with van der Waals surface area (Å²) >= 11 is 3.58. The summed E-state index contributed by atoms with van der Waals surface area (Å²) in [5, 5.41) is 1.11. The maximum Gasteiger partial charge on any atom is 0.0544 e. The van der Waals surface area contributed by atoms with Crippen molar-refractivity contribution < 1.29 is 4.74 Å². The van der Waals surface area contributed by atoms with Gasteiger partial charge in [-0.3, -0.25) is 0 Å². The van der Waals surface area contributed by atoms with Gasteiger partial charge < -0.3 is 4.74 Å². The van der Waals surface area contributed by atoms with Crippen LogP contribution < -0.4 is 0 Å². The fourth-order valence-corrected chi connectivity index (χ4v) is 2.15. The van der Waals surface area contributed by atoms with Crippen molar-refractivity contribution in [2.24, 2.45) is 5.41 Å². The van der Waals surface area contributed by atoms with Gasteiger partial charge in [0.1, 0.15) is 0 Å². The van der Waals surface area contributed by atoms with Crippen LogP contribution in [0, 0.1) is 5.41 Å². The Bertz CT molecular complexity index is 126. The van der Waals surface area contributed by atoms with E-state index in [1.807, 2.05) is 0 Å². The van der Waals surface area contributed by atoms with Crippen LogP contribution in [0.4, 0.5) is 0 Å². The van der Waals surface area contributed by atoms with Gasteiger partial charge in [-0.1, -0.05) is 29.3 Å². The summed E-state index contributed by atoms with van der Waals surface area (Å²) in [5.41, 5.74) is 0.490. The second-order valence-electron chi connectivity index (χ2n) is 4.02. The highest BCUT2D eigenvalue weighted by atomic mass is 79.9. The molecule has 1 aliphatic carbocycles. The molecular weight excluding hydrogens is 216 g/mol. The molecule has 0 spiro atoms.